The Labute approximate surface area is 252 Å². The molecule has 3 aromatic carbocycles. The van der Waals surface area contributed by atoms with Gasteiger partial charge in [-0.05, 0) is 110 Å². The Morgan fingerprint density at radius 2 is 1.62 bits per heavy atom. The summed E-state index contributed by atoms with van der Waals surface area (Å²) in [5.74, 6) is 2.00. The average molecular weight is 603 g/mol. The number of carboxylic acid groups (broad SMARTS) is 1. The lowest BCUT2D eigenvalue weighted by molar-refractivity contribution is -0.137. The predicted octanol–water partition coefficient (Wildman–Crippen LogP) is 7.94. The number of hydrogen-bond donors (Lipinski definition) is 4. The topological polar surface area (TPSA) is 70.6 Å². The third kappa shape index (κ3) is 10.4. The van der Waals surface area contributed by atoms with Gasteiger partial charge in [-0.3, -0.25) is 9.52 Å². The molecule has 1 heterocycles. The number of hydrogen-bond acceptors (Lipinski definition) is 5. The van der Waals surface area contributed by atoms with Crippen LogP contribution in [0.5, 0.6) is 5.75 Å². The van der Waals surface area contributed by atoms with Crippen molar-refractivity contribution in [3.63, 3.8) is 0 Å². The van der Waals surface area contributed by atoms with Crippen LogP contribution in [-0.4, -0.2) is 38.3 Å². The van der Waals surface area contributed by atoms with Crippen molar-refractivity contribution in [1.29, 1.82) is 0 Å². The van der Waals surface area contributed by atoms with Crippen molar-refractivity contribution in [3.05, 3.63) is 89.5 Å². The van der Waals surface area contributed by atoms with Gasteiger partial charge in [0.1, 0.15) is 5.75 Å². The minimum absolute atomic E-state index is 0.250. The molecule has 0 spiro atoms. The van der Waals surface area contributed by atoms with E-state index in [9.17, 15) is 13.2 Å². The summed E-state index contributed by atoms with van der Waals surface area (Å²) in [6.07, 6.45) is 2.62. The number of rotatable bonds is 6. The molecule has 1 saturated heterocycles. The minimum Gasteiger partial charge on any atom is -0.493 e. The Morgan fingerprint density at radius 1 is 0.952 bits per heavy atom. The standard InChI is InChI=1S/C31H34F3NO.CH5NS.CH2O2/c32-31(33,34)29-13-15-30(16-14-29)36-21-22-4-1-5-25(18-22)23-9-11-24(12-10-23)26-6-2-7-27(19-26)28-8-3-17-35-20-28;1-2-3;2-1-3/h2,6-7,9-16,19,22,25,28,35H,1,3-5,8,17-18,20-21H2;2-3H,1H3;1H,(H,2,3). The number of piperidine rings is 1. The fourth-order valence-electron chi connectivity index (χ4n) is 5.76. The first-order chi connectivity index (χ1) is 20.3. The van der Waals surface area contributed by atoms with Crippen LogP contribution in [0, 0.1) is 5.92 Å². The first kappa shape index (κ1) is 33.5. The van der Waals surface area contributed by atoms with Crippen LogP contribution in [0.3, 0.4) is 0 Å². The normalized spacial score (nSPS) is 20.3. The van der Waals surface area contributed by atoms with Crippen molar-refractivity contribution in [2.75, 3.05) is 26.7 Å². The zero-order valence-electron chi connectivity index (χ0n) is 23.9. The second kappa shape index (κ2) is 17.2. The zero-order chi connectivity index (χ0) is 30.4. The van der Waals surface area contributed by atoms with Gasteiger partial charge >= 0.3 is 6.18 Å². The molecule has 0 bridgehead atoms. The van der Waals surface area contributed by atoms with Gasteiger partial charge < -0.3 is 15.2 Å². The highest BCUT2D eigenvalue weighted by Gasteiger charge is 2.30. The van der Waals surface area contributed by atoms with E-state index in [4.69, 9.17) is 14.6 Å². The monoisotopic (exact) mass is 602 g/mol. The summed E-state index contributed by atoms with van der Waals surface area (Å²) in [6, 6.07) is 23.0. The number of thiol groups is 1. The number of alkyl halides is 3. The van der Waals surface area contributed by atoms with E-state index in [0.717, 1.165) is 44.5 Å². The highest BCUT2D eigenvalue weighted by Crippen LogP contribution is 2.38. The van der Waals surface area contributed by atoms with Gasteiger partial charge in [-0.25, -0.2) is 0 Å². The van der Waals surface area contributed by atoms with Crippen LogP contribution >= 0.6 is 12.8 Å². The molecule has 1 aliphatic carbocycles. The molecule has 228 valence electrons. The van der Waals surface area contributed by atoms with Gasteiger partial charge in [-0.2, -0.15) is 13.2 Å². The third-order valence-electron chi connectivity index (χ3n) is 7.82. The number of carbonyl (C=O) groups is 1. The van der Waals surface area contributed by atoms with Crippen LogP contribution in [0.4, 0.5) is 13.2 Å². The van der Waals surface area contributed by atoms with Crippen molar-refractivity contribution in [2.24, 2.45) is 5.92 Å². The molecule has 0 amide bonds. The first-order valence-electron chi connectivity index (χ1n) is 14.4. The van der Waals surface area contributed by atoms with Crippen molar-refractivity contribution in [2.45, 2.75) is 56.5 Å². The van der Waals surface area contributed by atoms with E-state index in [0.29, 0.717) is 30.1 Å². The van der Waals surface area contributed by atoms with E-state index in [1.165, 1.54) is 53.6 Å². The van der Waals surface area contributed by atoms with E-state index in [2.05, 4.69) is 71.4 Å². The van der Waals surface area contributed by atoms with Crippen LogP contribution in [0.25, 0.3) is 11.1 Å². The summed E-state index contributed by atoms with van der Waals surface area (Å²) in [5.41, 5.74) is 4.67. The van der Waals surface area contributed by atoms with Crippen LogP contribution < -0.4 is 14.8 Å². The molecule has 9 heteroatoms. The lowest BCUT2D eigenvalue weighted by Crippen LogP contribution is -2.28. The molecule has 3 aromatic rings. The summed E-state index contributed by atoms with van der Waals surface area (Å²) in [6.45, 7) is 2.48. The smallest absolute Gasteiger partial charge is 0.416 e. The molecule has 5 nitrogen and oxygen atoms in total. The predicted molar refractivity (Wildman–Crippen MR) is 165 cm³/mol. The summed E-state index contributed by atoms with van der Waals surface area (Å²) >= 11 is 3.54. The van der Waals surface area contributed by atoms with Crippen LogP contribution in [-0.2, 0) is 11.0 Å². The molecule has 2 fully saturated rings. The molecular weight excluding hydrogens is 561 g/mol. The lowest BCUT2D eigenvalue weighted by atomic mass is 9.78. The van der Waals surface area contributed by atoms with Crippen LogP contribution in [0.15, 0.2) is 72.8 Å². The Hall–Kier alpha value is -3.01. The maximum absolute atomic E-state index is 12.8. The van der Waals surface area contributed by atoms with Gasteiger partial charge in [0.2, 0.25) is 0 Å². The lowest BCUT2D eigenvalue weighted by Gasteiger charge is -2.29. The van der Waals surface area contributed by atoms with Gasteiger partial charge in [0.05, 0.1) is 12.2 Å². The third-order valence-corrected chi connectivity index (χ3v) is 7.82. The van der Waals surface area contributed by atoms with Crippen LogP contribution in [0.2, 0.25) is 0 Å². The van der Waals surface area contributed by atoms with Crippen molar-refractivity contribution >= 4 is 19.3 Å². The highest BCUT2D eigenvalue weighted by atomic mass is 32.1. The molecular formula is C33H41F3N2O3S. The molecule has 3 atom stereocenters. The molecule has 3 N–H and O–H groups in total. The number of halogens is 3. The highest BCUT2D eigenvalue weighted by molar-refractivity contribution is 7.78. The van der Waals surface area contributed by atoms with Gasteiger partial charge in [-0.15, -0.1) is 0 Å². The minimum atomic E-state index is -4.32. The zero-order valence-corrected chi connectivity index (χ0v) is 24.8. The fourth-order valence-corrected chi connectivity index (χ4v) is 5.76. The van der Waals surface area contributed by atoms with E-state index >= 15 is 0 Å². The summed E-state index contributed by atoms with van der Waals surface area (Å²) in [5, 5.41) is 10.4. The Kier molecular flexibility index (Phi) is 13.7. The van der Waals surface area contributed by atoms with Crippen LogP contribution in [0.1, 0.15) is 67.1 Å². The first-order valence-corrected chi connectivity index (χ1v) is 14.8. The van der Waals surface area contributed by atoms with Gasteiger partial charge in [0.15, 0.2) is 0 Å². The maximum atomic E-state index is 12.8. The largest absolute Gasteiger partial charge is 0.493 e. The Balaban J connectivity index is 0.000000745. The van der Waals surface area contributed by atoms with E-state index < -0.39 is 11.7 Å². The van der Waals surface area contributed by atoms with E-state index in [1.54, 1.807) is 7.05 Å². The molecule has 1 saturated carbocycles. The SMILES string of the molecule is CNS.FC(F)(F)c1ccc(OCC2CCCC(c3ccc(-c4cccc(C5CCCNC5)c4)cc3)C2)cc1.O=CO. The van der Waals surface area contributed by atoms with E-state index in [-0.39, 0.29) is 6.47 Å². The fraction of sp³-hybridized carbons (Fsp3) is 0.424. The van der Waals surface area contributed by atoms with Gasteiger partial charge in [0.25, 0.3) is 6.47 Å². The second-order valence-corrected chi connectivity index (χ2v) is 11.1. The van der Waals surface area contributed by atoms with Gasteiger partial charge in [0, 0.05) is 6.54 Å². The summed E-state index contributed by atoms with van der Waals surface area (Å²) in [7, 11) is 1.74. The van der Waals surface area contributed by atoms with Crippen molar-refractivity contribution in [1.82, 2.24) is 10.0 Å². The Bertz CT molecular complexity index is 1200. The Morgan fingerprint density at radius 3 is 2.24 bits per heavy atom. The van der Waals surface area contributed by atoms with E-state index in [1.807, 2.05) is 0 Å². The molecule has 5 rings (SSSR count). The quantitative estimate of drug-likeness (QED) is 0.170. The van der Waals surface area contributed by atoms with Crippen molar-refractivity contribution < 1.29 is 27.8 Å². The number of nitrogens with one attached hydrogen (secondary N) is 2. The summed E-state index contributed by atoms with van der Waals surface area (Å²) in [4.78, 5) is 8.36. The number of ether oxygens (including phenoxy) is 1. The molecule has 3 unspecified atom stereocenters. The molecule has 42 heavy (non-hydrogen) atoms. The molecule has 0 aromatic heterocycles. The average Bonchev–Trinajstić information content (AvgIpc) is 3.01. The molecule has 2 aliphatic rings. The van der Waals surface area contributed by atoms with Gasteiger partial charge in [-0.1, -0.05) is 67.8 Å². The summed E-state index contributed by atoms with van der Waals surface area (Å²) < 4.78 is 46.6. The second-order valence-electron chi connectivity index (χ2n) is 10.7. The number of benzene rings is 3. The maximum Gasteiger partial charge on any atom is 0.416 e. The molecule has 1 aliphatic heterocycles. The van der Waals surface area contributed by atoms with Crippen molar-refractivity contribution in [3.8, 4) is 16.9 Å². The molecule has 0 radical (unpaired) electrons.